The largest absolute Gasteiger partial charge is 0.478 e. The Kier molecular flexibility index (Phi) is 5.67. The molecule has 1 aromatic rings. The van der Waals surface area contributed by atoms with Crippen molar-refractivity contribution in [3.63, 3.8) is 0 Å². The molecule has 30 heavy (non-hydrogen) atoms. The molecule has 0 radical (unpaired) electrons. The SMILES string of the molecule is CCC1C(=O)N(c2cccc(C(=O)O)c2)NC1=NC1C=C(C(=O)O)C=C(C(=O)O)C1. The van der Waals surface area contributed by atoms with Gasteiger partial charge in [0.1, 0.15) is 5.84 Å². The number of aliphatic imine (C=N–C) groups is 1. The van der Waals surface area contributed by atoms with Gasteiger partial charge in [-0.25, -0.2) is 19.4 Å². The van der Waals surface area contributed by atoms with Crippen molar-refractivity contribution >= 4 is 35.3 Å². The van der Waals surface area contributed by atoms with Gasteiger partial charge in [0.25, 0.3) is 5.91 Å². The van der Waals surface area contributed by atoms with Crippen molar-refractivity contribution in [2.75, 3.05) is 5.01 Å². The molecule has 0 bridgehead atoms. The van der Waals surface area contributed by atoms with Crippen molar-refractivity contribution < 1.29 is 34.5 Å². The number of amides is 1. The van der Waals surface area contributed by atoms with Crippen LogP contribution in [0.25, 0.3) is 0 Å². The molecule has 1 aliphatic carbocycles. The minimum absolute atomic E-state index is 0.0121. The second-order valence-corrected chi connectivity index (χ2v) is 6.79. The molecule has 2 atom stereocenters. The van der Waals surface area contributed by atoms with Crippen LogP contribution in [-0.2, 0) is 14.4 Å². The molecule has 1 fully saturated rings. The summed E-state index contributed by atoms with van der Waals surface area (Å²) < 4.78 is 0. The molecule has 1 saturated heterocycles. The van der Waals surface area contributed by atoms with E-state index in [1.165, 1.54) is 29.3 Å². The van der Waals surface area contributed by atoms with Gasteiger partial charge in [-0.1, -0.05) is 13.0 Å². The summed E-state index contributed by atoms with van der Waals surface area (Å²) >= 11 is 0. The molecule has 4 N–H and O–H groups in total. The highest BCUT2D eigenvalue weighted by Crippen LogP contribution is 2.26. The number of carbonyl (C=O) groups excluding carboxylic acids is 1. The number of hydrazine groups is 1. The number of aliphatic carboxylic acids is 2. The molecule has 10 heteroatoms. The van der Waals surface area contributed by atoms with Gasteiger partial charge in [-0.15, -0.1) is 0 Å². The van der Waals surface area contributed by atoms with Crippen LogP contribution in [0.3, 0.4) is 0 Å². The van der Waals surface area contributed by atoms with Crippen LogP contribution in [0.4, 0.5) is 5.69 Å². The zero-order valence-electron chi connectivity index (χ0n) is 15.9. The van der Waals surface area contributed by atoms with Crippen molar-refractivity contribution in [1.82, 2.24) is 5.43 Å². The maximum Gasteiger partial charge on any atom is 0.335 e. The lowest BCUT2D eigenvalue weighted by Gasteiger charge is -2.18. The monoisotopic (exact) mass is 413 g/mol. The fourth-order valence-electron chi connectivity index (χ4n) is 3.31. The Morgan fingerprint density at radius 1 is 1.17 bits per heavy atom. The van der Waals surface area contributed by atoms with Crippen LogP contribution in [0.2, 0.25) is 0 Å². The summed E-state index contributed by atoms with van der Waals surface area (Å²) in [6.07, 6.45) is 2.81. The van der Waals surface area contributed by atoms with Gasteiger partial charge in [0.05, 0.1) is 28.8 Å². The third-order valence-corrected chi connectivity index (χ3v) is 4.79. The number of rotatable bonds is 6. The molecular formula is C20H19N3O7. The molecule has 1 amide bonds. The Bertz CT molecular complexity index is 1020. The summed E-state index contributed by atoms with van der Waals surface area (Å²) in [5.74, 6) is -4.37. The molecule has 156 valence electrons. The first-order valence-electron chi connectivity index (χ1n) is 9.12. The molecule has 0 saturated carbocycles. The lowest BCUT2D eigenvalue weighted by molar-refractivity contribution is -0.132. The minimum atomic E-state index is -1.27. The van der Waals surface area contributed by atoms with Crippen LogP contribution in [0.5, 0.6) is 0 Å². The van der Waals surface area contributed by atoms with Gasteiger partial charge in [0.15, 0.2) is 0 Å². The number of carboxylic acids is 3. The molecule has 10 nitrogen and oxygen atoms in total. The number of amidine groups is 1. The van der Waals surface area contributed by atoms with E-state index in [2.05, 4.69) is 10.4 Å². The third kappa shape index (κ3) is 4.07. The predicted molar refractivity (Wildman–Crippen MR) is 105 cm³/mol. The predicted octanol–water partition coefficient (Wildman–Crippen LogP) is 1.45. The minimum Gasteiger partial charge on any atom is -0.478 e. The van der Waals surface area contributed by atoms with E-state index in [0.29, 0.717) is 12.1 Å². The van der Waals surface area contributed by atoms with Gasteiger partial charge in [0, 0.05) is 12.0 Å². The topological polar surface area (TPSA) is 157 Å². The van der Waals surface area contributed by atoms with Gasteiger partial charge >= 0.3 is 17.9 Å². The standard InChI is InChI=1S/C20H19N3O7/c1-2-15-16(21-13-7-11(19(27)28)6-12(8-13)20(29)30)22-23(17(15)24)14-5-3-4-10(9-14)18(25)26/h3-7,9,13,15H,2,8H2,1H3,(H,21,22)(H,25,26)(H,27,28)(H,29,30). The number of aromatic carboxylic acids is 1. The van der Waals surface area contributed by atoms with Gasteiger partial charge in [-0.2, -0.15) is 0 Å². The van der Waals surface area contributed by atoms with E-state index in [4.69, 9.17) is 5.11 Å². The van der Waals surface area contributed by atoms with Crippen molar-refractivity contribution in [1.29, 1.82) is 0 Å². The molecule has 1 heterocycles. The third-order valence-electron chi connectivity index (χ3n) is 4.79. The van der Waals surface area contributed by atoms with Gasteiger partial charge in [-0.3, -0.25) is 15.2 Å². The lowest BCUT2D eigenvalue weighted by Crippen LogP contribution is -2.36. The number of benzene rings is 1. The van der Waals surface area contributed by atoms with E-state index in [-0.39, 0.29) is 34.9 Å². The fraction of sp³-hybridized carbons (Fsp3) is 0.250. The normalized spacial score (nSPS) is 22.4. The Labute approximate surface area is 170 Å². The van der Waals surface area contributed by atoms with Crippen LogP contribution in [-0.4, -0.2) is 51.0 Å². The van der Waals surface area contributed by atoms with Crippen LogP contribution in [0, 0.1) is 5.92 Å². The average molecular weight is 413 g/mol. The van der Waals surface area contributed by atoms with E-state index < -0.39 is 29.9 Å². The molecule has 0 spiro atoms. The number of nitrogens with zero attached hydrogens (tertiary/aromatic N) is 2. The first-order chi connectivity index (χ1) is 14.2. The Balaban J connectivity index is 1.93. The van der Waals surface area contributed by atoms with Crippen molar-refractivity contribution in [3.05, 3.63) is 53.1 Å². The van der Waals surface area contributed by atoms with Crippen molar-refractivity contribution in [3.8, 4) is 0 Å². The van der Waals surface area contributed by atoms with E-state index in [9.17, 15) is 29.4 Å². The zero-order valence-corrected chi connectivity index (χ0v) is 15.9. The summed E-state index contributed by atoms with van der Waals surface area (Å²) in [6.45, 7) is 1.78. The average Bonchev–Trinajstić information content (AvgIpc) is 3.02. The first kappa shape index (κ1) is 20.8. The van der Waals surface area contributed by atoms with Crippen LogP contribution in [0.1, 0.15) is 30.1 Å². The number of carboxylic acid groups (broad SMARTS) is 3. The summed E-state index contributed by atoms with van der Waals surface area (Å²) in [6, 6.07) is 5.05. The van der Waals surface area contributed by atoms with Crippen molar-refractivity contribution in [2.24, 2.45) is 10.9 Å². The molecule has 3 rings (SSSR count). The number of nitrogens with one attached hydrogen (secondary N) is 1. The van der Waals surface area contributed by atoms with Gasteiger partial charge in [-0.05, 0) is 36.8 Å². The Morgan fingerprint density at radius 2 is 1.90 bits per heavy atom. The highest BCUT2D eigenvalue weighted by atomic mass is 16.4. The maximum atomic E-state index is 12.8. The van der Waals surface area contributed by atoms with Gasteiger partial charge in [0.2, 0.25) is 0 Å². The second-order valence-electron chi connectivity index (χ2n) is 6.79. The van der Waals surface area contributed by atoms with Crippen LogP contribution in [0.15, 0.2) is 52.6 Å². The highest BCUT2D eigenvalue weighted by molar-refractivity contribution is 6.16. The molecule has 2 unspecified atom stereocenters. The fourth-order valence-corrected chi connectivity index (χ4v) is 3.31. The Hall–Kier alpha value is -3.95. The summed E-state index contributed by atoms with van der Waals surface area (Å²) in [4.78, 5) is 51.1. The molecular weight excluding hydrogens is 394 g/mol. The molecule has 0 aromatic heterocycles. The number of anilines is 1. The number of hydrogen-bond acceptors (Lipinski definition) is 5. The number of hydrogen-bond donors (Lipinski definition) is 4. The number of carbonyl (C=O) groups is 4. The molecule has 2 aliphatic rings. The van der Waals surface area contributed by atoms with E-state index >= 15 is 0 Å². The summed E-state index contributed by atoms with van der Waals surface area (Å²) in [5.41, 5.74) is 2.91. The smallest absolute Gasteiger partial charge is 0.335 e. The zero-order chi connectivity index (χ0) is 22.0. The highest BCUT2D eigenvalue weighted by Gasteiger charge is 2.38. The van der Waals surface area contributed by atoms with Gasteiger partial charge < -0.3 is 15.3 Å². The second kappa shape index (κ2) is 8.19. The van der Waals surface area contributed by atoms with E-state index in [1.54, 1.807) is 13.0 Å². The summed E-state index contributed by atoms with van der Waals surface area (Å²) in [7, 11) is 0. The quantitative estimate of drug-likeness (QED) is 0.546. The molecule has 1 aromatic carbocycles. The van der Waals surface area contributed by atoms with Crippen molar-refractivity contribution in [2.45, 2.75) is 25.8 Å². The maximum absolute atomic E-state index is 12.8. The van der Waals surface area contributed by atoms with Crippen LogP contribution >= 0.6 is 0 Å². The van der Waals surface area contributed by atoms with Crippen LogP contribution < -0.4 is 10.4 Å². The van der Waals surface area contributed by atoms with E-state index in [0.717, 1.165) is 6.08 Å². The first-order valence-corrected chi connectivity index (χ1v) is 9.12. The Morgan fingerprint density at radius 3 is 2.50 bits per heavy atom. The van der Waals surface area contributed by atoms with E-state index in [1.807, 2.05) is 0 Å². The summed E-state index contributed by atoms with van der Waals surface area (Å²) in [5, 5.41) is 28.9. The molecule has 1 aliphatic heterocycles. The lowest BCUT2D eigenvalue weighted by atomic mass is 9.95.